The van der Waals surface area contributed by atoms with E-state index in [0.717, 1.165) is 35.8 Å². The second kappa shape index (κ2) is 10.1. The van der Waals surface area contributed by atoms with Crippen molar-refractivity contribution in [2.45, 2.75) is 45.8 Å². The zero-order valence-electron chi connectivity index (χ0n) is 20.4. The first-order valence-corrected chi connectivity index (χ1v) is 15.3. The maximum atomic E-state index is 12.9. The SMILES string of the molecule is Cc1ncc(N)cc1NC(=O)c1cnc2c(c1)cc(C1=CCOCC1)n2COCC[Si](C)(C)C. The number of hydrogen-bond acceptors (Lipinski definition) is 6. The quantitative estimate of drug-likeness (QED) is 0.359. The molecular weight excluding hydrogens is 446 g/mol. The summed E-state index contributed by atoms with van der Waals surface area (Å²) >= 11 is 0. The van der Waals surface area contributed by atoms with Crippen LogP contribution in [0.2, 0.25) is 25.7 Å². The molecule has 0 aliphatic carbocycles. The van der Waals surface area contributed by atoms with E-state index in [1.54, 1.807) is 18.5 Å². The highest BCUT2D eigenvalue weighted by molar-refractivity contribution is 6.76. The van der Waals surface area contributed by atoms with Gasteiger partial charge in [0, 0.05) is 32.0 Å². The van der Waals surface area contributed by atoms with E-state index in [1.807, 2.05) is 13.0 Å². The molecule has 0 atom stereocenters. The van der Waals surface area contributed by atoms with Crippen molar-refractivity contribution in [2.75, 3.05) is 30.9 Å². The van der Waals surface area contributed by atoms with Gasteiger partial charge in [0.15, 0.2) is 0 Å². The van der Waals surface area contributed by atoms with Crippen molar-refractivity contribution in [1.29, 1.82) is 0 Å². The predicted octanol–water partition coefficient (Wildman–Crippen LogP) is 4.69. The Balaban J connectivity index is 1.62. The van der Waals surface area contributed by atoms with Crippen LogP contribution in [0, 0.1) is 6.92 Å². The molecule has 1 aliphatic heterocycles. The van der Waals surface area contributed by atoms with Crippen LogP contribution in [0.5, 0.6) is 0 Å². The van der Waals surface area contributed by atoms with E-state index in [0.29, 0.717) is 42.6 Å². The van der Waals surface area contributed by atoms with E-state index in [9.17, 15) is 4.79 Å². The van der Waals surface area contributed by atoms with E-state index < -0.39 is 8.07 Å². The van der Waals surface area contributed by atoms with Gasteiger partial charge in [0.2, 0.25) is 0 Å². The third kappa shape index (κ3) is 5.72. The van der Waals surface area contributed by atoms with Crippen molar-refractivity contribution in [1.82, 2.24) is 14.5 Å². The zero-order valence-corrected chi connectivity index (χ0v) is 21.4. The smallest absolute Gasteiger partial charge is 0.257 e. The van der Waals surface area contributed by atoms with E-state index in [2.05, 4.69) is 51.6 Å². The first-order chi connectivity index (χ1) is 16.2. The van der Waals surface area contributed by atoms with Gasteiger partial charge in [0.05, 0.1) is 42.0 Å². The average molecular weight is 480 g/mol. The minimum Gasteiger partial charge on any atom is -0.397 e. The lowest BCUT2D eigenvalue weighted by Crippen LogP contribution is -2.22. The molecule has 3 aromatic rings. The Morgan fingerprint density at radius 2 is 2.06 bits per heavy atom. The summed E-state index contributed by atoms with van der Waals surface area (Å²) in [6.07, 6.45) is 6.12. The predicted molar refractivity (Wildman–Crippen MR) is 139 cm³/mol. The molecule has 3 N–H and O–H groups in total. The van der Waals surface area contributed by atoms with Crippen LogP contribution in [0.15, 0.2) is 36.7 Å². The van der Waals surface area contributed by atoms with E-state index in [4.69, 9.17) is 15.2 Å². The highest BCUT2D eigenvalue weighted by atomic mass is 28.3. The summed E-state index contributed by atoms with van der Waals surface area (Å²) in [5.74, 6) is -0.254. The van der Waals surface area contributed by atoms with Crippen LogP contribution >= 0.6 is 0 Å². The maximum absolute atomic E-state index is 12.9. The minimum atomic E-state index is -1.17. The summed E-state index contributed by atoms with van der Waals surface area (Å²) in [5.41, 5.74) is 11.2. The molecule has 1 aliphatic rings. The molecule has 0 unspecified atom stereocenters. The molecule has 3 aromatic heterocycles. The Bertz CT molecular complexity index is 1230. The Labute approximate surface area is 201 Å². The monoisotopic (exact) mass is 479 g/mol. The van der Waals surface area contributed by atoms with Crippen LogP contribution in [0.25, 0.3) is 16.6 Å². The summed E-state index contributed by atoms with van der Waals surface area (Å²) < 4.78 is 13.7. The fourth-order valence-electron chi connectivity index (χ4n) is 3.83. The molecule has 180 valence electrons. The number of aryl methyl sites for hydroxylation is 1. The molecule has 9 heteroatoms. The number of nitrogens with one attached hydrogen (secondary N) is 1. The Hall–Kier alpha value is -3.01. The highest BCUT2D eigenvalue weighted by Crippen LogP contribution is 2.29. The number of nitrogen functional groups attached to an aromatic ring is 1. The molecule has 0 fully saturated rings. The Kier molecular flexibility index (Phi) is 7.15. The fourth-order valence-corrected chi connectivity index (χ4v) is 4.59. The van der Waals surface area contributed by atoms with Crippen molar-refractivity contribution in [3.63, 3.8) is 0 Å². The number of pyridine rings is 2. The first kappa shape index (κ1) is 24.1. The average Bonchev–Trinajstić information content (AvgIpc) is 3.17. The second-order valence-electron chi connectivity index (χ2n) is 9.85. The number of nitrogens with zero attached hydrogens (tertiary/aromatic N) is 3. The highest BCUT2D eigenvalue weighted by Gasteiger charge is 2.19. The number of rotatable bonds is 8. The molecule has 0 bridgehead atoms. The third-order valence-electron chi connectivity index (χ3n) is 5.86. The van der Waals surface area contributed by atoms with Gasteiger partial charge in [-0.05, 0) is 43.2 Å². The fraction of sp³-hybridized carbons (Fsp3) is 0.400. The molecule has 0 saturated heterocycles. The van der Waals surface area contributed by atoms with Crippen LogP contribution in [0.1, 0.15) is 28.2 Å². The van der Waals surface area contributed by atoms with Gasteiger partial charge in [-0.25, -0.2) is 4.98 Å². The topological polar surface area (TPSA) is 104 Å². The van der Waals surface area contributed by atoms with Crippen LogP contribution in [-0.4, -0.2) is 48.3 Å². The first-order valence-electron chi connectivity index (χ1n) is 11.6. The standard InChI is InChI=1S/C25H33N5O3Si/c1-17-22(13-21(26)15-27-17)29-25(31)20-11-19-12-23(18-5-7-32-8-6-18)30(24(19)28-14-20)16-33-9-10-34(2,3)4/h5,11-15H,6-10,16,26H2,1-4H3,(H,29,31). The van der Waals surface area contributed by atoms with Gasteiger partial charge in [-0.3, -0.25) is 9.78 Å². The third-order valence-corrected chi connectivity index (χ3v) is 7.57. The molecule has 0 spiro atoms. The number of anilines is 2. The number of amides is 1. The lowest BCUT2D eigenvalue weighted by atomic mass is 10.1. The molecule has 4 heterocycles. The molecule has 4 rings (SSSR count). The van der Waals surface area contributed by atoms with Gasteiger partial charge in [-0.2, -0.15) is 0 Å². The number of nitrogens with two attached hydrogens (primary N) is 1. The summed E-state index contributed by atoms with van der Waals surface area (Å²) in [6, 6.07) is 6.77. The minimum absolute atomic E-state index is 0.254. The molecule has 0 aromatic carbocycles. The Morgan fingerprint density at radius 3 is 2.79 bits per heavy atom. The summed E-state index contributed by atoms with van der Waals surface area (Å²) in [4.78, 5) is 21.8. The van der Waals surface area contributed by atoms with Gasteiger partial charge < -0.3 is 25.1 Å². The zero-order chi connectivity index (χ0) is 24.3. The van der Waals surface area contributed by atoms with E-state index >= 15 is 0 Å². The molecule has 0 saturated carbocycles. The van der Waals surface area contributed by atoms with E-state index in [-0.39, 0.29) is 5.91 Å². The largest absolute Gasteiger partial charge is 0.397 e. The summed E-state index contributed by atoms with van der Waals surface area (Å²) in [6.45, 7) is 11.3. The van der Waals surface area contributed by atoms with Crippen molar-refractivity contribution in [3.05, 3.63) is 53.6 Å². The van der Waals surface area contributed by atoms with Crippen molar-refractivity contribution in [3.8, 4) is 0 Å². The normalized spacial score (nSPS) is 14.3. The van der Waals surface area contributed by atoms with Gasteiger partial charge in [-0.1, -0.05) is 25.7 Å². The molecule has 1 amide bonds. The number of aromatic nitrogens is 3. The lowest BCUT2D eigenvalue weighted by Gasteiger charge is -2.18. The van der Waals surface area contributed by atoms with Crippen molar-refractivity contribution < 1.29 is 14.3 Å². The van der Waals surface area contributed by atoms with Crippen molar-refractivity contribution >= 4 is 42.0 Å². The maximum Gasteiger partial charge on any atom is 0.257 e. The van der Waals surface area contributed by atoms with Crippen molar-refractivity contribution in [2.24, 2.45) is 0 Å². The molecule has 0 radical (unpaired) electrons. The molecular formula is C25H33N5O3Si. The van der Waals surface area contributed by atoms with Gasteiger partial charge in [0.1, 0.15) is 12.4 Å². The van der Waals surface area contributed by atoms with Gasteiger partial charge >= 0.3 is 0 Å². The van der Waals surface area contributed by atoms with Gasteiger partial charge in [-0.15, -0.1) is 0 Å². The second-order valence-corrected chi connectivity index (χ2v) is 15.5. The lowest BCUT2D eigenvalue weighted by molar-refractivity contribution is 0.0891. The number of ether oxygens (including phenoxy) is 2. The van der Waals surface area contributed by atoms with E-state index in [1.165, 1.54) is 5.57 Å². The summed E-state index contributed by atoms with van der Waals surface area (Å²) in [7, 11) is -1.17. The number of carbonyl (C=O) groups excluding carboxylic acids is 1. The number of carbonyl (C=O) groups is 1. The van der Waals surface area contributed by atoms with Crippen LogP contribution in [-0.2, 0) is 16.2 Å². The van der Waals surface area contributed by atoms with Gasteiger partial charge in [0.25, 0.3) is 5.91 Å². The van der Waals surface area contributed by atoms with Crippen LogP contribution in [0.3, 0.4) is 0 Å². The summed E-state index contributed by atoms with van der Waals surface area (Å²) in [5, 5.41) is 3.79. The number of hydrogen-bond donors (Lipinski definition) is 2. The number of fused-ring (bicyclic) bond motifs is 1. The van der Waals surface area contributed by atoms with Crippen LogP contribution < -0.4 is 11.1 Å². The molecule has 8 nitrogen and oxygen atoms in total. The van der Waals surface area contributed by atoms with Crippen LogP contribution in [0.4, 0.5) is 11.4 Å². The molecule has 34 heavy (non-hydrogen) atoms. The Morgan fingerprint density at radius 1 is 1.24 bits per heavy atom.